The Balaban J connectivity index is 1.45. The zero-order chi connectivity index (χ0) is 21.6. The van der Waals surface area contributed by atoms with Gasteiger partial charge >= 0.3 is 6.09 Å². The van der Waals surface area contributed by atoms with E-state index in [2.05, 4.69) is 47.9 Å². The molecular formula is C25H30N2O3. The molecule has 1 saturated heterocycles. The van der Waals surface area contributed by atoms with E-state index >= 15 is 0 Å². The number of amides is 1. The predicted molar refractivity (Wildman–Crippen MR) is 118 cm³/mol. The van der Waals surface area contributed by atoms with Crippen molar-refractivity contribution in [1.82, 2.24) is 9.80 Å². The average molecular weight is 407 g/mol. The van der Waals surface area contributed by atoms with Gasteiger partial charge in [0.15, 0.2) is 0 Å². The summed E-state index contributed by atoms with van der Waals surface area (Å²) in [7, 11) is 0. The number of hydrogen-bond acceptors (Lipinski definition) is 4. The first-order valence-electron chi connectivity index (χ1n) is 10.4. The minimum absolute atomic E-state index is 0.235. The standard InChI is InChI=1S/C25H30N2O3/c1-20(23-7-5-4-6-8-23)26-15-17-27(18-16-26)24(28)30-19-22-11-9-21(10-12-22)13-14-25(2,3)29/h4-12,20,29H,15-19H2,1-3H3. The van der Waals surface area contributed by atoms with Crippen LogP contribution in [0.15, 0.2) is 54.6 Å². The van der Waals surface area contributed by atoms with Crippen LogP contribution >= 0.6 is 0 Å². The molecule has 0 bridgehead atoms. The van der Waals surface area contributed by atoms with Gasteiger partial charge in [-0.1, -0.05) is 54.3 Å². The number of carbonyl (C=O) groups is 1. The molecule has 0 spiro atoms. The molecule has 1 amide bonds. The maximum Gasteiger partial charge on any atom is 0.410 e. The van der Waals surface area contributed by atoms with Crippen molar-refractivity contribution in [1.29, 1.82) is 0 Å². The zero-order valence-electron chi connectivity index (χ0n) is 18.0. The highest BCUT2D eigenvalue weighted by Crippen LogP contribution is 2.21. The maximum atomic E-state index is 12.4. The SMILES string of the molecule is CC(c1ccccc1)N1CCN(C(=O)OCc2ccc(C#CC(C)(C)O)cc2)CC1. The van der Waals surface area contributed by atoms with Crippen molar-refractivity contribution in [2.45, 2.75) is 39.0 Å². The van der Waals surface area contributed by atoms with E-state index in [0.29, 0.717) is 19.1 Å². The van der Waals surface area contributed by atoms with Crippen LogP contribution < -0.4 is 0 Å². The minimum Gasteiger partial charge on any atom is -0.445 e. The van der Waals surface area contributed by atoms with E-state index in [0.717, 1.165) is 24.2 Å². The number of benzene rings is 2. The van der Waals surface area contributed by atoms with Crippen LogP contribution in [0.3, 0.4) is 0 Å². The van der Waals surface area contributed by atoms with Crippen LogP contribution in [0, 0.1) is 11.8 Å². The van der Waals surface area contributed by atoms with Gasteiger partial charge in [0, 0.05) is 37.8 Å². The molecule has 0 aliphatic carbocycles. The molecule has 158 valence electrons. The monoisotopic (exact) mass is 406 g/mol. The fourth-order valence-corrected chi connectivity index (χ4v) is 3.38. The van der Waals surface area contributed by atoms with Crippen LogP contribution in [0.1, 0.15) is 43.5 Å². The van der Waals surface area contributed by atoms with Gasteiger partial charge in [-0.3, -0.25) is 4.90 Å². The predicted octanol–water partition coefficient (Wildman–Crippen LogP) is 3.82. The third-order valence-electron chi connectivity index (χ3n) is 5.23. The highest BCUT2D eigenvalue weighted by molar-refractivity contribution is 5.67. The third-order valence-corrected chi connectivity index (χ3v) is 5.23. The van der Waals surface area contributed by atoms with Crippen molar-refractivity contribution in [3.05, 3.63) is 71.3 Å². The summed E-state index contributed by atoms with van der Waals surface area (Å²) in [5.41, 5.74) is 2.01. The molecule has 3 rings (SSSR count). The largest absolute Gasteiger partial charge is 0.445 e. The topological polar surface area (TPSA) is 53.0 Å². The Bertz CT molecular complexity index is 884. The molecular weight excluding hydrogens is 376 g/mol. The summed E-state index contributed by atoms with van der Waals surface area (Å²) in [4.78, 5) is 16.6. The van der Waals surface area contributed by atoms with E-state index in [1.807, 2.05) is 30.3 Å². The smallest absolute Gasteiger partial charge is 0.410 e. The fourth-order valence-electron chi connectivity index (χ4n) is 3.38. The highest BCUT2D eigenvalue weighted by Gasteiger charge is 2.25. The average Bonchev–Trinajstić information content (AvgIpc) is 2.76. The number of aliphatic hydroxyl groups is 1. The molecule has 1 heterocycles. The molecule has 1 atom stereocenters. The molecule has 1 aliphatic heterocycles. The highest BCUT2D eigenvalue weighted by atomic mass is 16.6. The van der Waals surface area contributed by atoms with Gasteiger partial charge in [0.05, 0.1) is 0 Å². The number of carbonyl (C=O) groups excluding carboxylic acids is 1. The second-order valence-electron chi connectivity index (χ2n) is 8.17. The lowest BCUT2D eigenvalue weighted by atomic mass is 10.1. The van der Waals surface area contributed by atoms with Crippen molar-refractivity contribution >= 4 is 6.09 Å². The Morgan fingerprint density at radius 3 is 2.30 bits per heavy atom. The summed E-state index contributed by atoms with van der Waals surface area (Å²) >= 11 is 0. The zero-order valence-corrected chi connectivity index (χ0v) is 18.0. The lowest BCUT2D eigenvalue weighted by molar-refractivity contribution is 0.0620. The van der Waals surface area contributed by atoms with Crippen molar-refractivity contribution in [3.8, 4) is 11.8 Å². The number of nitrogens with zero attached hydrogens (tertiary/aromatic N) is 2. The van der Waals surface area contributed by atoms with E-state index in [-0.39, 0.29) is 12.7 Å². The normalized spacial score (nSPS) is 15.8. The van der Waals surface area contributed by atoms with Crippen LogP contribution in [0.25, 0.3) is 0 Å². The number of ether oxygens (including phenoxy) is 1. The molecule has 0 aromatic heterocycles. The molecule has 30 heavy (non-hydrogen) atoms. The van der Waals surface area contributed by atoms with Crippen LogP contribution in [0.5, 0.6) is 0 Å². The van der Waals surface area contributed by atoms with E-state index in [1.54, 1.807) is 18.7 Å². The van der Waals surface area contributed by atoms with E-state index in [4.69, 9.17) is 4.74 Å². The Morgan fingerprint density at radius 2 is 1.70 bits per heavy atom. The Kier molecular flexibility index (Phi) is 7.15. The number of hydrogen-bond donors (Lipinski definition) is 1. The van der Waals surface area contributed by atoms with Gasteiger partial charge in [-0.2, -0.15) is 0 Å². The first kappa shape index (κ1) is 21.9. The van der Waals surface area contributed by atoms with Crippen molar-refractivity contribution in [2.24, 2.45) is 0 Å². The van der Waals surface area contributed by atoms with E-state index < -0.39 is 5.60 Å². The van der Waals surface area contributed by atoms with E-state index in [9.17, 15) is 9.90 Å². The minimum atomic E-state index is -1.02. The molecule has 1 unspecified atom stereocenters. The first-order valence-corrected chi connectivity index (χ1v) is 10.4. The van der Waals surface area contributed by atoms with Crippen molar-refractivity contribution in [3.63, 3.8) is 0 Å². The maximum absolute atomic E-state index is 12.4. The Hall–Kier alpha value is -2.81. The summed E-state index contributed by atoms with van der Waals surface area (Å²) in [6.07, 6.45) is -0.270. The van der Waals surface area contributed by atoms with Crippen LogP contribution in [-0.2, 0) is 11.3 Å². The summed E-state index contributed by atoms with van der Waals surface area (Å²) in [5, 5.41) is 9.67. The Labute approximate surface area is 179 Å². The second kappa shape index (κ2) is 9.80. The fraction of sp³-hybridized carbons (Fsp3) is 0.400. The van der Waals surface area contributed by atoms with Gasteiger partial charge in [0.2, 0.25) is 0 Å². The molecule has 0 radical (unpaired) electrons. The molecule has 2 aromatic rings. The quantitative estimate of drug-likeness (QED) is 0.785. The van der Waals surface area contributed by atoms with Gasteiger partial charge in [-0.25, -0.2) is 4.79 Å². The summed E-state index contributed by atoms with van der Waals surface area (Å²) in [5.74, 6) is 5.71. The van der Waals surface area contributed by atoms with Gasteiger partial charge in [-0.15, -0.1) is 0 Å². The summed E-state index contributed by atoms with van der Waals surface area (Å²) < 4.78 is 5.49. The van der Waals surface area contributed by atoms with Gasteiger partial charge in [0.25, 0.3) is 0 Å². The van der Waals surface area contributed by atoms with Crippen LogP contribution in [0.2, 0.25) is 0 Å². The molecule has 0 saturated carbocycles. The lowest BCUT2D eigenvalue weighted by Gasteiger charge is -2.37. The van der Waals surface area contributed by atoms with Crippen LogP contribution in [0.4, 0.5) is 4.79 Å². The van der Waals surface area contributed by atoms with E-state index in [1.165, 1.54) is 5.56 Å². The van der Waals surface area contributed by atoms with Crippen molar-refractivity contribution in [2.75, 3.05) is 26.2 Å². The first-order chi connectivity index (χ1) is 14.3. The number of rotatable bonds is 4. The Morgan fingerprint density at radius 1 is 1.07 bits per heavy atom. The van der Waals surface area contributed by atoms with Gasteiger partial charge < -0.3 is 14.7 Å². The molecule has 1 N–H and O–H groups in total. The molecule has 5 nitrogen and oxygen atoms in total. The molecule has 5 heteroatoms. The molecule has 2 aromatic carbocycles. The lowest BCUT2D eigenvalue weighted by Crippen LogP contribution is -2.49. The molecule has 1 fully saturated rings. The van der Waals surface area contributed by atoms with Crippen LogP contribution in [-0.4, -0.2) is 52.8 Å². The van der Waals surface area contributed by atoms with Gasteiger partial charge in [0.1, 0.15) is 12.2 Å². The third kappa shape index (κ3) is 6.35. The second-order valence-corrected chi connectivity index (χ2v) is 8.17. The summed E-state index contributed by atoms with van der Waals surface area (Å²) in [6, 6.07) is 18.3. The van der Waals surface area contributed by atoms with Gasteiger partial charge in [-0.05, 0) is 44.0 Å². The van der Waals surface area contributed by atoms with Crippen molar-refractivity contribution < 1.29 is 14.6 Å². The molecule has 1 aliphatic rings. The number of piperazine rings is 1. The summed E-state index contributed by atoms with van der Waals surface area (Å²) in [6.45, 7) is 8.74.